The highest BCUT2D eigenvalue weighted by atomic mass is 16.1. The molecular weight excluding hydrogens is 248 g/mol. The molecule has 1 aromatic heterocycles. The fraction of sp³-hybridized carbons (Fsp3) is 0.412. The summed E-state index contributed by atoms with van der Waals surface area (Å²) in [7, 11) is 0. The Kier molecular flexibility index (Phi) is 3.20. The van der Waals surface area contributed by atoms with Crippen molar-refractivity contribution in [3.63, 3.8) is 0 Å². The monoisotopic (exact) mass is 268 g/mol. The molecular formula is C17H20N2O. The van der Waals surface area contributed by atoms with Crippen LogP contribution in [-0.4, -0.2) is 15.8 Å². The van der Waals surface area contributed by atoms with Gasteiger partial charge in [-0.2, -0.15) is 0 Å². The molecule has 3 nitrogen and oxygen atoms in total. The molecule has 0 radical (unpaired) electrons. The third kappa shape index (κ3) is 2.07. The van der Waals surface area contributed by atoms with Gasteiger partial charge in [0.15, 0.2) is 6.29 Å². The van der Waals surface area contributed by atoms with Crippen LogP contribution in [0.1, 0.15) is 40.8 Å². The topological polar surface area (TPSA) is 34.9 Å². The highest BCUT2D eigenvalue weighted by molar-refractivity contribution is 5.85. The van der Waals surface area contributed by atoms with Gasteiger partial charge in [0, 0.05) is 18.5 Å². The summed E-state index contributed by atoms with van der Waals surface area (Å²) in [4.78, 5) is 16.3. The van der Waals surface area contributed by atoms with Gasteiger partial charge in [-0.1, -0.05) is 24.6 Å². The van der Waals surface area contributed by atoms with Crippen LogP contribution in [0.3, 0.4) is 0 Å². The fourth-order valence-corrected chi connectivity index (χ4v) is 2.99. The first-order chi connectivity index (χ1) is 9.60. The predicted molar refractivity (Wildman–Crippen MR) is 80.0 cm³/mol. The zero-order valence-corrected chi connectivity index (χ0v) is 12.3. The maximum atomic E-state index is 11.6. The summed E-state index contributed by atoms with van der Waals surface area (Å²) in [5.74, 6) is 1.71. The van der Waals surface area contributed by atoms with Crippen molar-refractivity contribution in [3.8, 4) is 11.3 Å². The van der Waals surface area contributed by atoms with Gasteiger partial charge < -0.3 is 4.57 Å². The number of aromatic nitrogens is 2. The van der Waals surface area contributed by atoms with Crippen LogP contribution in [0, 0.1) is 19.8 Å². The lowest BCUT2D eigenvalue weighted by Gasteiger charge is -2.20. The summed E-state index contributed by atoms with van der Waals surface area (Å²) >= 11 is 0. The maximum absolute atomic E-state index is 11.6. The minimum absolute atomic E-state index is 0.649. The van der Waals surface area contributed by atoms with Crippen molar-refractivity contribution in [2.75, 3.05) is 0 Å². The van der Waals surface area contributed by atoms with Gasteiger partial charge in [-0.15, -0.1) is 0 Å². The number of fused-ring (bicyclic) bond motifs is 1. The van der Waals surface area contributed by atoms with Gasteiger partial charge in [-0.05, 0) is 37.8 Å². The van der Waals surface area contributed by atoms with E-state index in [0.29, 0.717) is 5.92 Å². The van der Waals surface area contributed by atoms with E-state index in [0.717, 1.165) is 48.4 Å². The molecule has 0 amide bonds. The molecule has 1 atom stereocenters. The third-order valence-electron chi connectivity index (χ3n) is 4.22. The molecule has 2 aromatic rings. The summed E-state index contributed by atoms with van der Waals surface area (Å²) in [5, 5.41) is 0. The van der Waals surface area contributed by atoms with Gasteiger partial charge in [0.05, 0.1) is 5.69 Å². The lowest BCUT2D eigenvalue weighted by atomic mass is 10.0. The molecule has 0 bridgehead atoms. The van der Waals surface area contributed by atoms with Crippen molar-refractivity contribution in [1.82, 2.24) is 9.55 Å². The number of rotatable bonds is 2. The molecule has 0 saturated heterocycles. The minimum Gasteiger partial charge on any atom is -0.325 e. The van der Waals surface area contributed by atoms with Crippen LogP contribution in [0.4, 0.5) is 0 Å². The number of aryl methyl sites for hydroxylation is 2. The summed E-state index contributed by atoms with van der Waals surface area (Å²) < 4.78 is 2.10. The number of aldehydes is 1. The Labute approximate surface area is 119 Å². The molecule has 0 fully saturated rings. The van der Waals surface area contributed by atoms with Gasteiger partial charge in [0.1, 0.15) is 11.5 Å². The molecule has 0 N–H and O–H groups in total. The predicted octanol–water partition coefficient (Wildman–Crippen LogP) is 3.56. The van der Waals surface area contributed by atoms with E-state index in [1.165, 1.54) is 11.1 Å². The van der Waals surface area contributed by atoms with Crippen LogP contribution < -0.4 is 0 Å². The van der Waals surface area contributed by atoms with Crippen molar-refractivity contribution in [2.45, 2.75) is 40.2 Å². The first-order valence-electron chi connectivity index (χ1n) is 7.22. The Bertz CT molecular complexity index is 670. The van der Waals surface area contributed by atoms with E-state index in [9.17, 15) is 4.79 Å². The van der Waals surface area contributed by atoms with Gasteiger partial charge in [0.25, 0.3) is 0 Å². The number of carbonyl (C=O) groups is 1. The average molecular weight is 268 g/mol. The van der Waals surface area contributed by atoms with E-state index in [1.54, 1.807) is 0 Å². The van der Waals surface area contributed by atoms with E-state index in [4.69, 9.17) is 4.98 Å². The number of hydrogen-bond acceptors (Lipinski definition) is 2. The van der Waals surface area contributed by atoms with Crippen molar-refractivity contribution in [1.29, 1.82) is 0 Å². The summed E-state index contributed by atoms with van der Waals surface area (Å²) in [6.45, 7) is 7.30. The molecule has 1 unspecified atom stereocenters. The standard InChI is InChI=1S/C17H20N2O/c1-11-4-5-13(3)14(8-11)17-15(10-20)19-7-6-12(2)9-16(19)18-17/h4-5,8,10,12H,6-7,9H2,1-3H3. The van der Waals surface area contributed by atoms with Crippen LogP contribution >= 0.6 is 0 Å². The van der Waals surface area contributed by atoms with Gasteiger partial charge in [-0.25, -0.2) is 4.98 Å². The maximum Gasteiger partial charge on any atom is 0.168 e. The number of hydrogen-bond donors (Lipinski definition) is 0. The SMILES string of the molecule is Cc1ccc(C)c(-c2nc3n(c2C=O)CCC(C)C3)c1. The molecule has 0 saturated carbocycles. The van der Waals surface area contributed by atoms with Crippen LogP contribution in [-0.2, 0) is 13.0 Å². The van der Waals surface area contributed by atoms with Crippen LogP contribution in [0.15, 0.2) is 18.2 Å². The Hall–Kier alpha value is -1.90. The van der Waals surface area contributed by atoms with Crippen molar-refractivity contribution in [3.05, 3.63) is 40.8 Å². The number of nitrogens with zero attached hydrogens (tertiary/aromatic N) is 2. The fourth-order valence-electron chi connectivity index (χ4n) is 2.99. The van der Waals surface area contributed by atoms with Crippen molar-refractivity contribution < 1.29 is 4.79 Å². The van der Waals surface area contributed by atoms with E-state index >= 15 is 0 Å². The van der Waals surface area contributed by atoms with Gasteiger partial charge in [0.2, 0.25) is 0 Å². The van der Waals surface area contributed by atoms with E-state index < -0.39 is 0 Å². The van der Waals surface area contributed by atoms with Crippen LogP contribution in [0.5, 0.6) is 0 Å². The molecule has 1 aliphatic heterocycles. The Morgan fingerprint density at radius 3 is 2.90 bits per heavy atom. The normalized spacial score (nSPS) is 17.9. The second-order valence-electron chi connectivity index (χ2n) is 5.95. The number of imidazole rings is 1. The highest BCUT2D eigenvalue weighted by Gasteiger charge is 2.23. The Morgan fingerprint density at radius 1 is 1.35 bits per heavy atom. The number of carbonyl (C=O) groups excluding carboxylic acids is 1. The van der Waals surface area contributed by atoms with E-state index in [-0.39, 0.29) is 0 Å². The molecule has 1 aromatic carbocycles. The quantitative estimate of drug-likeness (QED) is 0.780. The molecule has 104 valence electrons. The summed E-state index contributed by atoms with van der Waals surface area (Å²) in [6.07, 6.45) is 3.05. The zero-order chi connectivity index (χ0) is 14.3. The van der Waals surface area contributed by atoms with E-state index in [1.807, 2.05) is 0 Å². The molecule has 1 aliphatic rings. The van der Waals surface area contributed by atoms with Crippen molar-refractivity contribution in [2.24, 2.45) is 5.92 Å². The Balaban J connectivity index is 2.19. The average Bonchev–Trinajstić information content (AvgIpc) is 2.78. The molecule has 0 aliphatic carbocycles. The molecule has 3 heteroatoms. The number of benzene rings is 1. The van der Waals surface area contributed by atoms with Crippen molar-refractivity contribution >= 4 is 6.29 Å². The zero-order valence-electron chi connectivity index (χ0n) is 12.3. The van der Waals surface area contributed by atoms with Crippen LogP contribution in [0.25, 0.3) is 11.3 Å². The summed E-state index contributed by atoms with van der Waals surface area (Å²) in [6, 6.07) is 6.32. The summed E-state index contributed by atoms with van der Waals surface area (Å²) in [5.41, 5.74) is 5.04. The lowest BCUT2D eigenvalue weighted by Crippen LogP contribution is -2.18. The Morgan fingerprint density at radius 2 is 2.15 bits per heavy atom. The van der Waals surface area contributed by atoms with Gasteiger partial charge in [-0.3, -0.25) is 4.79 Å². The van der Waals surface area contributed by atoms with E-state index in [2.05, 4.69) is 43.5 Å². The largest absolute Gasteiger partial charge is 0.325 e. The first-order valence-corrected chi connectivity index (χ1v) is 7.22. The smallest absolute Gasteiger partial charge is 0.168 e. The van der Waals surface area contributed by atoms with Crippen LogP contribution in [0.2, 0.25) is 0 Å². The van der Waals surface area contributed by atoms with Gasteiger partial charge >= 0.3 is 0 Å². The second-order valence-corrected chi connectivity index (χ2v) is 5.95. The molecule has 3 rings (SSSR count). The molecule has 20 heavy (non-hydrogen) atoms. The lowest BCUT2D eigenvalue weighted by molar-refractivity contribution is 0.111. The molecule has 0 spiro atoms. The second kappa shape index (κ2) is 4.89. The first kappa shape index (κ1) is 13.1. The molecule has 2 heterocycles. The minimum atomic E-state index is 0.649. The third-order valence-corrected chi connectivity index (χ3v) is 4.22. The highest BCUT2D eigenvalue weighted by Crippen LogP contribution is 2.30.